The van der Waals surface area contributed by atoms with E-state index in [1.54, 1.807) is 0 Å². The molecule has 1 unspecified atom stereocenters. The van der Waals surface area contributed by atoms with Gasteiger partial charge in [-0.2, -0.15) is 0 Å². The number of aromatic amines is 2. The van der Waals surface area contributed by atoms with Crippen molar-refractivity contribution in [1.82, 2.24) is 9.97 Å². The number of hydrogen-bond acceptors (Lipinski definition) is 3. The molecule has 0 saturated heterocycles. The van der Waals surface area contributed by atoms with E-state index in [4.69, 9.17) is 18.0 Å². The van der Waals surface area contributed by atoms with Gasteiger partial charge in [-0.25, -0.2) is 0 Å². The zero-order valence-corrected chi connectivity index (χ0v) is 8.62. The third-order valence-corrected chi connectivity index (χ3v) is 2.96. The maximum atomic E-state index is 11.6. The fourth-order valence-electron chi connectivity index (χ4n) is 1.93. The summed E-state index contributed by atoms with van der Waals surface area (Å²) in [5, 5.41) is 0. The second kappa shape index (κ2) is 3.67. The highest BCUT2D eigenvalue weighted by Gasteiger charge is 2.20. The molecule has 0 radical (unpaired) electrons. The molecule has 4 nitrogen and oxygen atoms in total. The molecule has 2 rings (SSSR count). The van der Waals surface area contributed by atoms with Gasteiger partial charge in [-0.3, -0.25) is 9.78 Å². The van der Waals surface area contributed by atoms with Crippen molar-refractivity contribution in [3.05, 3.63) is 26.4 Å². The lowest BCUT2D eigenvalue weighted by molar-refractivity contribution is 0.458. The molecule has 14 heavy (non-hydrogen) atoms. The topological polar surface area (TPSA) is 74.7 Å². The number of nitrogens with one attached hydrogen (secondary N) is 2. The Morgan fingerprint density at radius 3 is 3.00 bits per heavy atom. The van der Waals surface area contributed by atoms with Crippen molar-refractivity contribution in [1.29, 1.82) is 0 Å². The van der Waals surface area contributed by atoms with Crippen molar-refractivity contribution in [3.63, 3.8) is 0 Å². The Morgan fingerprint density at radius 2 is 2.29 bits per heavy atom. The first-order chi connectivity index (χ1) is 6.70. The molecule has 76 valence electrons. The van der Waals surface area contributed by atoms with Gasteiger partial charge in [-0.05, 0) is 43.9 Å². The van der Waals surface area contributed by atoms with Gasteiger partial charge in [0.15, 0.2) is 4.77 Å². The van der Waals surface area contributed by atoms with Crippen molar-refractivity contribution >= 4 is 12.2 Å². The molecule has 0 bridgehead atoms. The summed E-state index contributed by atoms with van der Waals surface area (Å²) < 4.78 is 0.417. The first-order valence-electron chi connectivity index (χ1n) is 4.75. The molecule has 1 heterocycles. The van der Waals surface area contributed by atoms with Crippen LogP contribution in [0.25, 0.3) is 0 Å². The van der Waals surface area contributed by atoms with E-state index in [1.807, 2.05) is 0 Å². The first-order valence-corrected chi connectivity index (χ1v) is 5.16. The predicted molar refractivity (Wildman–Crippen MR) is 56.8 cm³/mol. The molecule has 4 N–H and O–H groups in total. The predicted octanol–water partition coefficient (Wildman–Crippen LogP) is 0.496. The summed E-state index contributed by atoms with van der Waals surface area (Å²) in [5.41, 5.74) is 7.37. The van der Waals surface area contributed by atoms with E-state index in [2.05, 4.69) is 9.97 Å². The van der Waals surface area contributed by atoms with Gasteiger partial charge in [-0.1, -0.05) is 0 Å². The molecule has 0 aliphatic heterocycles. The van der Waals surface area contributed by atoms with E-state index in [1.165, 1.54) is 0 Å². The Kier molecular flexibility index (Phi) is 2.52. The van der Waals surface area contributed by atoms with Crippen molar-refractivity contribution < 1.29 is 0 Å². The molecular weight excluding hydrogens is 198 g/mol. The number of aryl methyl sites for hydroxylation is 1. The summed E-state index contributed by atoms with van der Waals surface area (Å²) in [6.45, 7) is 0.647. The molecule has 1 aliphatic rings. The minimum absolute atomic E-state index is 0.0538. The van der Waals surface area contributed by atoms with E-state index >= 15 is 0 Å². The molecule has 0 saturated carbocycles. The fraction of sp³-hybridized carbons (Fsp3) is 0.556. The maximum absolute atomic E-state index is 11.6. The van der Waals surface area contributed by atoms with Crippen LogP contribution < -0.4 is 11.3 Å². The van der Waals surface area contributed by atoms with E-state index in [0.717, 1.165) is 30.5 Å². The largest absolute Gasteiger partial charge is 0.336 e. The highest BCUT2D eigenvalue weighted by Crippen LogP contribution is 2.20. The van der Waals surface area contributed by atoms with Crippen LogP contribution in [0, 0.1) is 10.7 Å². The van der Waals surface area contributed by atoms with Crippen LogP contribution in [0.3, 0.4) is 0 Å². The second-order valence-corrected chi connectivity index (χ2v) is 4.12. The normalized spacial score (nSPS) is 20.5. The van der Waals surface area contributed by atoms with Gasteiger partial charge < -0.3 is 10.7 Å². The lowest BCUT2D eigenvalue weighted by Crippen LogP contribution is -2.29. The molecule has 0 fully saturated rings. The first kappa shape index (κ1) is 9.61. The van der Waals surface area contributed by atoms with Crippen LogP contribution in [-0.4, -0.2) is 16.5 Å². The third kappa shape index (κ3) is 1.65. The van der Waals surface area contributed by atoms with E-state index in [-0.39, 0.29) is 5.56 Å². The highest BCUT2D eigenvalue weighted by molar-refractivity contribution is 7.71. The van der Waals surface area contributed by atoms with Gasteiger partial charge in [0, 0.05) is 11.3 Å². The quantitative estimate of drug-likeness (QED) is 0.592. The van der Waals surface area contributed by atoms with Gasteiger partial charge in [0.05, 0.1) is 0 Å². The number of rotatable bonds is 1. The lowest BCUT2D eigenvalue weighted by Gasteiger charge is -2.21. The Hall–Kier alpha value is -0.940. The van der Waals surface area contributed by atoms with Gasteiger partial charge in [0.1, 0.15) is 0 Å². The van der Waals surface area contributed by atoms with E-state index in [9.17, 15) is 4.79 Å². The number of hydrogen-bond donors (Lipinski definition) is 3. The van der Waals surface area contributed by atoms with Gasteiger partial charge in [0.2, 0.25) is 0 Å². The van der Waals surface area contributed by atoms with Crippen molar-refractivity contribution in [2.75, 3.05) is 6.54 Å². The zero-order chi connectivity index (χ0) is 10.1. The number of H-pyrrole nitrogens is 2. The third-order valence-electron chi connectivity index (χ3n) is 2.76. The van der Waals surface area contributed by atoms with Gasteiger partial charge in [0.25, 0.3) is 5.56 Å². The summed E-state index contributed by atoms with van der Waals surface area (Å²) in [6.07, 6.45) is 2.69. The minimum atomic E-state index is -0.0538. The van der Waals surface area contributed by atoms with Crippen LogP contribution in [0.5, 0.6) is 0 Å². The van der Waals surface area contributed by atoms with Crippen LogP contribution in [0.4, 0.5) is 0 Å². The molecule has 1 aromatic rings. The molecule has 1 aromatic heterocycles. The van der Waals surface area contributed by atoms with Crippen molar-refractivity contribution in [2.45, 2.75) is 19.3 Å². The van der Waals surface area contributed by atoms with Crippen LogP contribution in [0.2, 0.25) is 0 Å². The Bertz CT molecular complexity index is 448. The molecule has 1 aliphatic carbocycles. The maximum Gasteiger partial charge on any atom is 0.255 e. The van der Waals surface area contributed by atoms with Gasteiger partial charge >= 0.3 is 0 Å². The smallest absolute Gasteiger partial charge is 0.255 e. The van der Waals surface area contributed by atoms with Crippen molar-refractivity contribution in [2.24, 2.45) is 11.7 Å². The molecule has 0 spiro atoms. The molecule has 1 atom stereocenters. The number of aromatic nitrogens is 2. The molecule has 0 aromatic carbocycles. The fourth-order valence-corrected chi connectivity index (χ4v) is 2.14. The van der Waals surface area contributed by atoms with Crippen LogP contribution in [0.15, 0.2) is 4.79 Å². The molecule has 5 heteroatoms. The highest BCUT2D eigenvalue weighted by atomic mass is 32.1. The van der Waals surface area contributed by atoms with Crippen molar-refractivity contribution in [3.8, 4) is 0 Å². The number of nitrogens with two attached hydrogens (primary N) is 1. The average Bonchev–Trinajstić information content (AvgIpc) is 2.17. The summed E-state index contributed by atoms with van der Waals surface area (Å²) in [5.74, 6) is 0.438. The summed E-state index contributed by atoms with van der Waals surface area (Å²) in [4.78, 5) is 17.2. The van der Waals surface area contributed by atoms with Crippen LogP contribution in [-0.2, 0) is 12.8 Å². The summed E-state index contributed by atoms with van der Waals surface area (Å²) in [6, 6.07) is 0. The van der Waals surface area contributed by atoms with E-state index in [0.29, 0.717) is 17.2 Å². The monoisotopic (exact) mass is 211 g/mol. The van der Waals surface area contributed by atoms with Crippen LogP contribution >= 0.6 is 12.2 Å². The van der Waals surface area contributed by atoms with Gasteiger partial charge in [-0.15, -0.1) is 0 Å². The standard InChI is InChI=1S/C9H13N3OS/c10-4-5-1-2-7-6(3-5)8(13)12-9(14)11-7/h5H,1-4,10H2,(H2,11,12,13,14). The lowest BCUT2D eigenvalue weighted by atomic mass is 9.87. The molecule has 0 amide bonds. The summed E-state index contributed by atoms with van der Waals surface area (Å²) >= 11 is 4.91. The average molecular weight is 211 g/mol. The number of fused-ring (bicyclic) bond motifs is 1. The molecular formula is C9H13N3OS. The Labute approximate surface area is 86.5 Å². The zero-order valence-electron chi connectivity index (χ0n) is 7.80. The second-order valence-electron chi connectivity index (χ2n) is 3.71. The van der Waals surface area contributed by atoms with Crippen LogP contribution in [0.1, 0.15) is 17.7 Å². The van der Waals surface area contributed by atoms with E-state index < -0.39 is 0 Å². The SMILES string of the molecule is NCC1CCc2[nH]c(=S)[nH]c(=O)c2C1. The summed E-state index contributed by atoms with van der Waals surface area (Å²) in [7, 11) is 0. The Balaban J connectivity index is 2.47. The Morgan fingerprint density at radius 1 is 1.50 bits per heavy atom. The minimum Gasteiger partial charge on any atom is -0.336 e.